The van der Waals surface area contributed by atoms with Crippen molar-refractivity contribution < 1.29 is 13.6 Å². The number of rotatable bonds is 9. The summed E-state index contributed by atoms with van der Waals surface area (Å²) in [7, 11) is -2.29. The third kappa shape index (κ3) is 6.09. The zero-order valence-electron chi connectivity index (χ0n) is 10.5. The highest BCUT2D eigenvalue weighted by Gasteiger charge is 2.35. The lowest BCUT2D eigenvalue weighted by Crippen LogP contribution is -2.53. The van der Waals surface area contributed by atoms with Crippen molar-refractivity contribution in [2.75, 3.05) is 19.4 Å². The molecule has 0 aromatic heterocycles. The lowest BCUT2D eigenvalue weighted by Gasteiger charge is -2.29. The van der Waals surface area contributed by atoms with Crippen LogP contribution >= 0.6 is 0 Å². The van der Waals surface area contributed by atoms with Crippen LogP contribution in [-0.4, -0.2) is 34.0 Å². The summed E-state index contributed by atoms with van der Waals surface area (Å²) >= 11 is 0. The Kier molecular flexibility index (Phi) is 8.23. The summed E-state index contributed by atoms with van der Waals surface area (Å²) in [5.74, 6) is 0. The van der Waals surface area contributed by atoms with Gasteiger partial charge in [0.05, 0.1) is 6.17 Å². The van der Waals surface area contributed by atoms with E-state index in [9.17, 15) is 4.79 Å². The van der Waals surface area contributed by atoms with E-state index in [0.29, 0.717) is 19.4 Å². The summed E-state index contributed by atoms with van der Waals surface area (Å²) in [4.78, 5) is 10.7. The maximum absolute atomic E-state index is 10.7. The summed E-state index contributed by atoms with van der Waals surface area (Å²) in [5.41, 5.74) is 5.07. The summed E-state index contributed by atoms with van der Waals surface area (Å²) in [6.07, 6.45) is 2.32. The molecule has 0 atom stereocenters. The minimum absolute atomic E-state index is 0.429. The molecule has 0 aliphatic rings. The summed E-state index contributed by atoms with van der Waals surface area (Å²) in [5, 5.41) is 2.61. The molecule has 0 saturated heterocycles. The van der Waals surface area contributed by atoms with E-state index in [1.807, 2.05) is 6.92 Å². The fourth-order valence-electron chi connectivity index (χ4n) is 1.27. The first-order chi connectivity index (χ1) is 7.60. The Morgan fingerprint density at radius 2 is 1.69 bits per heavy atom. The number of nitrogens with one attached hydrogen (secondary N) is 1. The van der Waals surface area contributed by atoms with Gasteiger partial charge in [-0.3, -0.25) is 0 Å². The van der Waals surface area contributed by atoms with E-state index >= 15 is 0 Å². The van der Waals surface area contributed by atoms with Gasteiger partial charge in [-0.15, -0.1) is 0 Å². The lowest BCUT2D eigenvalue weighted by atomic mass is 10.5. The van der Waals surface area contributed by atoms with Gasteiger partial charge in [-0.1, -0.05) is 20.8 Å². The zero-order chi connectivity index (χ0) is 12.4. The molecule has 0 bridgehead atoms. The van der Waals surface area contributed by atoms with Gasteiger partial charge in [0.2, 0.25) is 0 Å². The Hall–Kier alpha value is -0.593. The Balaban J connectivity index is 4.33. The minimum atomic E-state index is -2.29. The van der Waals surface area contributed by atoms with Crippen LogP contribution in [0.2, 0.25) is 6.04 Å². The van der Waals surface area contributed by atoms with E-state index in [2.05, 4.69) is 19.2 Å². The van der Waals surface area contributed by atoms with E-state index in [4.69, 9.17) is 14.6 Å². The molecule has 6 heteroatoms. The molecule has 0 radical (unpaired) electrons. The minimum Gasteiger partial charge on any atom is -0.393 e. The molecule has 0 aliphatic carbocycles. The number of nitrogens with two attached hydrogens (primary N) is 1. The third-order valence-electron chi connectivity index (χ3n) is 2.21. The van der Waals surface area contributed by atoms with Gasteiger partial charge in [-0.05, 0) is 18.9 Å². The second kappa shape index (κ2) is 8.55. The predicted octanol–water partition coefficient (Wildman–Crippen LogP) is 1.51. The summed E-state index contributed by atoms with van der Waals surface area (Å²) in [6, 6.07) is 0.290. The molecule has 0 heterocycles. The number of carbonyl (C=O) groups is 1. The summed E-state index contributed by atoms with van der Waals surface area (Å²) < 4.78 is 11.7. The molecule has 2 amide bonds. The topological polar surface area (TPSA) is 73.6 Å². The highest BCUT2D eigenvalue weighted by Crippen LogP contribution is 2.13. The Morgan fingerprint density at radius 1 is 1.19 bits per heavy atom. The van der Waals surface area contributed by atoms with Crippen molar-refractivity contribution in [2.45, 2.75) is 39.7 Å². The molecule has 0 unspecified atom stereocenters. The van der Waals surface area contributed by atoms with Crippen LogP contribution in [0.5, 0.6) is 0 Å². The summed E-state index contributed by atoms with van der Waals surface area (Å²) in [6.45, 7) is 7.47. The van der Waals surface area contributed by atoms with Gasteiger partial charge in [0.25, 0.3) is 0 Å². The molecular weight excluding hydrogens is 224 g/mol. The van der Waals surface area contributed by atoms with Crippen LogP contribution in [0.15, 0.2) is 0 Å². The zero-order valence-corrected chi connectivity index (χ0v) is 11.5. The molecule has 0 aromatic carbocycles. The SMILES string of the molecule is CCCO[Si](CC)(CNC(N)=O)OCCC. The Labute approximate surface area is 98.9 Å². The van der Waals surface area contributed by atoms with Crippen molar-refractivity contribution in [3.63, 3.8) is 0 Å². The van der Waals surface area contributed by atoms with Crippen molar-refractivity contribution in [1.82, 2.24) is 5.32 Å². The van der Waals surface area contributed by atoms with Gasteiger partial charge in [-0.2, -0.15) is 0 Å². The van der Waals surface area contributed by atoms with E-state index in [-0.39, 0.29) is 0 Å². The van der Waals surface area contributed by atoms with Crippen molar-refractivity contribution >= 4 is 14.6 Å². The van der Waals surface area contributed by atoms with Crippen LogP contribution in [-0.2, 0) is 8.85 Å². The van der Waals surface area contributed by atoms with Gasteiger partial charge in [0.1, 0.15) is 0 Å². The van der Waals surface area contributed by atoms with E-state index in [1.165, 1.54) is 0 Å². The smallest absolute Gasteiger partial charge is 0.357 e. The van der Waals surface area contributed by atoms with Gasteiger partial charge >= 0.3 is 14.6 Å². The first-order valence-corrected chi connectivity index (χ1v) is 8.14. The van der Waals surface area contributed by atoms with Crippen LogP contribution in [0.4, 0.5) is 4.79 Å². The Morgan fingerprint density at radius 3 is 2.00 bits per heavy atom. The maximum atomic E-state index is 10.7. The number of carbonyl (C=O) groups excluding carboxylic acids is 1. The molecule has 0 aliphatic heterocycles. The van der Waals surface area contributed by atoms with Crippen LogP contribution in [0.25, 0.3) is 0 Å². The fourth-order valence-corrected chi connectivity index (χ4v) is 3.81. The monoisotopic (exact) mass is 248 g/mol. The number of urea groups is 1. The molecular formula is C10H24N2O3Si. The number of hydrogen-bond donors (Lipinski definition) is 2. The quantitative estimate of drug-likeness (QED) is 0.607. The van der Waals surface area contributed by atoms with Crippen molar-refractivity contribution in [1.29, 1.82) is 0 Å². The van der Waals surface area contributed by atoms with E-state index < -0.39 is 14.6 Å². The van der Waals surface area contributed by atoms with Gasteiger partial charge < -0.3 is 19.9 Å². The molecule has 3 N–H and O–H groups in total. The van der Waals surface area contributed by atoms with Crippen LogP contribution in [0, 0.1) is 0 Å². The van der Waals surface area contributed by atoms with Crippen LogP contribution in [0.1, 0.15) is 33.6 Å². The molecule has 5 nitrogen and oxygen atoms in total. The van der Waals surface area contributed by atoms with Gasteiger partial charge in [0, 0.05) is 13.2 Å². The maximum Gasteiger partial charge on any atom is 0.357 e. The van der Waals surface area contributed by atoms with Crippen LogP contribution in [0.3, 0.4) is 0 Å². The second-order valence-corrected chi connectivity index (χ2v) is 7.14. The normalized spacial score (nSPS) is 11.4. The number of primary amides is 1. The van der Waals surface area contributed by atoms with Crippen molar-refractivity contribution in [3.05, 3.63) is 0 Å². The molecule has 0 saturated carbocycles. The lowest BCUT2D eigenvalue weighted by molar-refractivity contribution is 0.166. The molecule has 0 aromatic rings. The Bertz CT molecular complexity index is 195. The predicted molar refractivity (Wildman–Crippen MR) is 66.3 cm³/mol. The third-order valence-corrected chi connectivity index (χ3v) is 5.46. The molecule has 96 valence electrons. The molecule has 0 spiro atoms. The van der Waals surface area contributed by atoms with Crippen molar-refractivity contribution in [2.24, 2.45) is 5.73 Å². The fraction of sp³-hybridized carbons (Fsp3) is 0.900. The van der Waals surface area contributed by atoms with Crippen LogP contribution < -0.4 is 11.1 Å². The van der Waals surface area contributed by atoms with E-state index in [0.717, 1.165) is 18.9 Å². The average molecular weight is 248 g/mol. The molecule has 0 rings (SSSR count). The first-order valence-electron chi connectivity index (χ1n) is 5.91. The average Bonchev–Trinajstić information content (AvgIpc) is 2.29. The standard InChI is InChI=1S/C10H24N2O3Si/c1-4-7-14-16(6-3,15-8-5-2)9-12-10(11)13/h4-9H2,1-3H3,(H3,11,12,13). The van der Waals surface area contributed by atoms with Crippen molar-refractivity contribution in [3.8, 4) is 0 Å². The first kappa shape index (κ1) is 15.4. The van der Waals surface area contributed by atoms with Gasteiger partial charge in [0.15, 0.2) is 0 Å². The molecule has 16 heavy (non-hydrogen) atoms. The van der Waals surface area contributed by atoms with E-state index in [1.54, 1.807) is 0 Å². The second-order valence-electron chi connectivity index (χ2n) is 3.68. The molecule has 0 fully saturated rings. The highest BCUT2D eigenvalue weighted by atomic mass is 28.4. The largest absolute Gasteiger partial charge is 0.393 e. The number of amides is 2. The van der Waals surface area contributed by atoms with Gasteiger partial charge in [-0.25, -0.2) is 4.79 Å². The number of hydrogen-bond acceptors (Lipinski definition) is 3. The highest BCUT2D eigenvalue weighted by molar-refractivity contribution is 6.67.